The van der Waals surface area contributed by atoms with Gasteiger partial charge in [0.1, 0.15) is 0 Å². The molecule has 1 aliphatic rings. The van der Waals surface area contributed by atoms with Crippen molar-refractivity contribution in [1.82, 2.24) is 15.0 Å². The van der Waals surface area contributed by atoms with E-state index >= 15 is 0 Å². The standard InChI is InChI=1S/C10H18N4O/c1-8(7-14-5-3-4-6-14)11-10-12-9(2)13-15-10/h8H,3-7H2,1-2H3,(H,11,12,13). The Morgan fingerprint density at radius 2 is 2.20 bits per heavy atom. The molecule has 0 aliphatic carbocycles. The third kappa shape index (κ3) is 2.92. The number of aryl methyl sites for hydroxylation is 1. The van der Waals surface area contributed by atoms with E-state index in [2.05, 4.69) is 27.3 Å². The van der Waals surface area contributed by atoms with Crippen LogP contribution in [0.5, 0.6) is 0 Å². The van der Waals surface area contributed by atoms with Gasteiger partial charge in [-0.3, -0.25) is 0 Å². The van der Waals surface area contributed by atoms with Crippen LogP contribution in [-0.2, 0) is 0 Å². The van der Waals surface area contributed by atoms with Crippen molar-refractivity contribution in [3.05, 3.63) is 5.82 Å². The molecule has 0 amide bonds. The van der Waals surface area contributed by atoms with Crippen LogP contribution in [0.4, 0.5) is 6.01 Å². The lowest BCUT2D eigenvalue weighted by Crippen LogP contribution is -2.33. The second-order valence-corrected chi connectivity index (χ2v) is 4.20. The van der Waals surface area contributed by atoms with E-state index in [4.69, 9.17) is 4.52 Å². The number of likely N-dealkylation sites (tertiary alicyclic amines) is 1. The molecule has 1 unspecified atom stereocenters. The molecule has 5 heteroatoms. The highest BCUT2D eigenvalue weighted by atomic mass is 16.5. The summed E-state index contributed by atoms with van der Waals surface area (Å²) in [6, 6.07) is 0.877. The second kappa shape index (κ2) is 4.61. The number of hydrogen-bond donors (Lipinski definition) is 1. The molecule has 0 radical (unpaired) electrons. The smallest absolute Gasteiger partial charge is 0.321 e. The van der Waals surface area contributed by atoms with E-state index in [1.807, 2.05) is 6.92 Å². The van der Waals surface area contributed by atoms with Crippen molar-refractivity contribution in [2.24, 2.45) is 0 Å². The van der Waals surface area contributed by atoms with E-state index in [0.717, 1.165) is 6.54 Å². The van der Waals surface area contributed by atoms with Gasteiger partial charge in [-0.25, -0.2) is 0 Å². The summed E-state index contributed by atoms with van der Waals surface area (Å²) < 4.78 is 5.01. The summed E-state index contributed by atoms with van der Waals surface area (Å²) in [6.07, 6.45) is 2.65. The molecule has 0 aromatic carbocycles. The van der Waals surface area contributed by atoms with Gasteiger partial charge in [0, 0.05) is 12.6 Å². The minimum absolute atomic E-state index is 0.350. The van der Waals surface area contributed by atoms with Gasteiger partial charge in [0.25, 0.3) is 0 Å². The largest absolute Gasteiger partial charge is 0.334 e. The Bertz CT molecular complexity index is 306. The summed E-state index contributed by atoms with van der Waals surface area (Å²) in [7, 11) is 0. The second-order valence-electron chi connectivity index (χ2n) is 4.20. The van der Waals surface area contributed by atoms with E-state index in [9.17, 15) is 0 Å². The molecule has 15 heavy (non-hydrogen) atoms. The zero-order valence-corrected chi connectivity index (χ0v) is 9.36. The molecule has 1 aromatic heterocycles. The highest BCUT2D eigenvalue weighted by Gasteiger charge is 2.15. The zero-order valence-electron chi connectivity index (χ0n) is 9.36. The molecule has 0 spiro atoms. The lowest BCUT2D eigenvalue weighted by Gasteiger charge is -2.19. The van der Waals surface area contributed by atoms with Gasteiger partial charge in [0.05, 0.1) is 0 Å². The van der Waals surface area contributed by atoms with Crippen molar-refractivity contribution in [2.45, 2.75) is 32.7 Å². The minimum Gasteiger partial charge on any atom is -0.334 e. The Kier molecular flexibility index (Phi) is 3.20. The first-order chi connectivity index (χ1) is 7.24. The fraction of sp³-hybridized carbons (Fsp3) is 0.800. The SMILES string of the molecule is Cc1noc(NC(C)CN2CCCC2)n1. The van der Waals surface area contributed by atoms with E-state index in [0.29, 0.717) is 17.9 Å². The molecule has 0 bridgehead atoms. The molecule has 2 heterocycles. The topological polar surface area (TPSA) is 54.2 Å². The van der Waals surface area contributed by atoms with Crippen LogP contribution >= 0.6 is 0 Å². The van der Waals surface area contributed by atoms with Crippen LogP contribution in [0.1, 0.15) is 25.6 Å². The lowest BCUT2D eigenvalue weighted by atomic mass is 10.3. The predicted octanol–water partition coefficient (Wildman–Crippen LogP) is 1.27. The summed E-state index contributed by atoms with van der Waals surface area (Å²) in [5.41, 5.74) is 0. The number of rotatable bonds is 4. The zero-order chi connectivity index (χ0) is 10.7. The van der Waals surface area contributed by atoms with Crippen molar-refractivity contribution in [2.75, 3.05) is 25.0 Å². The highest BCUT2D eigenvalue weighted by Crippen LogP contribution is 2.10. The summed E-state index contributed by atoms with van der Waals surface area (Å²) in [5.74, 6) is 0.672. The van der Waals surface area contributed by atoms with Gasteiger partial charge in [-0.15, -0.1) is 0 Å². The number of anilines is 1. The van der Waals surface area contributed by atoms with Crippen molar-refractivity contribution >= 4 is 6.01 Å². The minimum atomic E-state index is 0.350. The van der Waals surface area contributed by atoms with Crippen LogP contribution in [0.25, 0.3) is 0 Å². The van der Waals surface area contributed by atoms with Crippen molar-refractivity contribution in [1.29, 1.82) is 0 Å². The van der Waals surface area contributed by atoms with E-state index in [-0.39, 0.29) is 0 Å². The van der Waals surface area contributed by atoms with Gasteiger partial charge in [0.2, 0.25) is 0 Å². The van der Waals surface area contributed by atoms with Crippen LogP contribution in [0.3, 0.4) is 0 Å². The van der Waals surface area contributed by atoms with Crippen LogP contribution in [0, 0.1) is 6.92 Å². The monoisotopic (exact) mass is 210 g/mol. The summed E-state index contributed by atoms with van der Waals surface area (Å²) >= 11 is 0. The first kappa shape index (κ1) is 10.4. The fourth-order valence-electron chi connectivity index (χ4n) is 1.96. The quantitative estimate of drug-likeness (QED) is 0.811. The maximum Gasteiger partial charge on any atom is 0.321 e. The Morgan fingerprint density at radius 3 is 2.80 bits per heavy atom. The molecule has 84 valence electrons. The molecule has 5 nitrogen and oxygen atoms in total. The first-order valence-electron chi connectivity index (χ1n) is 5.53. The number of nitrogens with one attached hydrogen (secondary N) is 1. The molecule has 1 fully saturated rings. The number of hydrogen-bond acceptors (Lipinski definition) is 5. The molecular weight excluding hydrogens is 192 g/mol. The fourth-order valence-corrected chi connectivity index (χ4v) is 1.96. The average Bonchev–Trinajstić information content (AvgIpc) is 2.77. The van der Waals surface area contributed by atoms with Crippen molar-refractivity contribution < 1.29 is 4.52 Å². The van der Waals surface area contributed by atoms with Gasteiger partial charge >= 0.3 is 6.01 Å². The summed E-state index contributed by atoms with van der Waals surface area (Å²) in [4.78, 5) is 6.58. The third-order valence-corrected chi connectivity index (χ3v) is 2.63. The Labute approximate surface area is 89.8 Å². The molecular formula is C10H18N4O. The van der Waals surface area contributed by atoms with Gasteiger partial charge in [-0.2, -0.15) is 4.98 Å². The van der Waals surface area contributed by atoms with E-state index < -0.39 is 0 Å². The van der Waals surface area contributed by atoms with Gasteiger partial charge in [0.15, 0.2) is 5.82 Å². The maximum absolute atomic E-state index is 5.01. The molecule has 1 N–H and O–H groups in total. The maximum atomic E-state index is 5.01. The average molecular weight is 210 g/mol. The third-order valence-electron chi connectivity index (χ3n) is 2.63. The Hall–Kier alpha value is -1.10. The molecule has 1 saturated heterocycles. The van der Waals surface area contributed by atoms with Crippen molar-refractivity contribution in [3.63, 3.8) is 0 Å². The van der Waals surface area contributed by atoms with Gasteiger partial charge in [-0.1, -0.05) is 5.16 Å². The first-order valence-corrected chi connectivity index (χ1v) is 5.53. The molecule has 1 aliphatic heterocycles. The number of nitrogens with zero attached hydrogens (tertiary/aromatic N) is 3. The van der Waals surface area contributed by atoms with Crippen LogP contribution in [0.15, 0.2) is 4.52 Å². The normalized spacial score (nSPS) is 19.3. The van der Waals surface area contributed by atoms with E-state index in [1.165, 1.54) is 25.9 Å². The Morgan fingerprint density at radius 1 is 1.47 bits per heavy atom. The molecule has 1 aromatic rings. The summed E-state index contributed by atoms with van der Waals surface area (Å²) in [5, 5.41) is 6.95. The van der Waals surface area contributed by atoms with Gasteiger partial charge < -0.3 is 14.7 Å². The molecule has 2 rings (SSSR count). The summed E-state index contributed by atoms with van der Waals surface area (Å²) in [6.45, 7) is 7.43. The van der Waals surface area contributed by atoms with Crippen molar-refractivity contribution in [3.8, 4) is 0 Å². The highest BCUT2D eigenvalue weighted by molar-refractivity contribution is 5.19. The van der Waals surface area contributed by atoms with Crippen LogP contribution in [0.2, 0.25) is 0 Å². The van der Waals surface area contributed by atoms with Gasteiger partial charge in [-0.05, 0) is 39.8 Å². The molecule has 1 atom stereocenters. The lowest BCUT2D eigenvalue weighted by molar-refractivity contribution is 0.323. The van der Waals surface area contributed by atoms with Crippen LogP contribution in [-0.4, -0.2) is 40.7 Å². The molecule has 0 saturated carbocycles. The van der Waals surface area contributed by atoms with E-state index in [1.54, 1.807) is 0 Å². The number of aromatic nitrogens is 2. The predicted molar refractivity (Wildman–Crippen MR) is 57.8 cm³/mol. The van der Waals surface area contributed by atoms with Crippen LogP contribution < -0.4 is 5.32 Å². The Balaban J connectivity index is 1.78.